The highest BCUT2D eigenvalue weighted by molar-refractivity contribution is 7.92. The van der Waals surface area contributed by atoms with Gasteiger partial charge in [0, 0.05) is 0 Å². The van der Waals surface area contributed by atoms with E-state index in [0.29, 0.717) is 5.56 Å². The Morgan fingerprint density at radius 2 is 1.54 bits per heavy atom. The molecule has 2 amide bonds. The van der Waals surface area contributed by atoms with Crippen LogP contribution in [0.25, 0.3) is 0 Å². The lowest BCUT2D eigenvalue weighted by Gasteiger charge is -2.14. The second-order valence-electron chi connectivity index (χ2n) is 7.48. The first-order chi connectivity index (χ1) is 16.6. The van der Waals surface area contributed by atoms with Crippen LogP contribution < -0.4 is 15.6 Å². The van der Waals surface area contributed by atoms with Crippen LogP contribution in [0, 0.1) is 19.7 Å². The van der Waals surface area contributed by atoms with Gasteiger partial charge >= 0.3 is 5.97 Å². The predicted octanol–water partition coefficient (Wildman–Crippen LogP) is 2.86. The second-order valence-corrected chi connectivity index (χ2v) is 9.13. The standard InChI is InChI=1S/C24H22FN3O6S/c1-15-11-12-16(2)21(13-15)35(32,33)28-20-10-6-4-8-18(20)24(31)34-14-22(29)26-27-23(30)17-7-3-5-9-19(17)25/h3-13,28H,14H2,1-2H3,(H,26,29)(H,27,30). The van der Waals surface area contributed by atoms with Crippen molar-refractivity contribution in [3.63, 3.8) is 0 Å². The highest BCUT2D eigenvalue weighted by Gasteiger charge is 2.22. The number of benzene rings is 3. The van der Waals surface area contributed by atoms with Crippen molar-refractivity contribution in [3.05, 3.63) is 94.8 Å². The van der Waals surface area contributed by atoms with Crippen molar-refractivity contribution in [1.29, 1.82) is 0 Å². The molecule has 0 saturated heterocycles. The van der Waals surface area contributed by atoms with Crippen molar-refractivity contribution in [1.82, 2.24) is 10.9 Å². The van der Waals surface area contributed by atoms with Gasteiger partial charge in [0.05, 0.1) is 21.7 Å². The molecule has 0 aromatic heterocycles. The van der Waals surface area contributed by atoms with Crippen LogP contribution in [0.5, 0.6) is 0 Å². The minimum Gasteiger partial charge on any atom is -0.452 e. The lowest BCUT2D eigenvalue weighted by atomic mass is 10.2. The molecule has 0 aliphatic carbocycles. The molecule has 3 rings (SSSR count). The fourth-order valence-corrected chi connectivity index (χ4v) is 4.44. The Bertz CT molecular complexity index is 1390. The van der Waals surface area contributed by atoms with Gasteiger partial charge in [-0.25, -0.2) is 17.6 Å². The Hall–Kier alpha value is -4.25. The van der Waals surface area contributed by atoms with Gasteiger partial charge < -0.3 is 4.74 Å². The number of anilines is 1. The largest absolute Gasteiger partial charge is 0.452 e. The van der Waals surface area contributed by atoms with Crippen molar-refractivity contribution in [3.8, 4) is 0 Å². The van der Waals surface area contributed by atoms with Crippen molar-refractivity contribution < 1.29 is 31.9 Å². The number of esters is 1. The molecule has 0 spiro atoms. The van der Waals surface area contributed by atoms with Gasteiger partial charge in [-0.3, -0.25) is 25.2 Å². The van der Waals surface area contributed by atoms with Crippen LogP contribution in [0.4, 0.5) is 10.1 Å². The molecule has 0 aliphatic heterocycles. The van der Waals surface area contributed by atoms with Crippen LogP contribution >= 0.6 is 0 Å². The van der Waals surface area contributed by atoms with E-state index in [1.165, 1.54) is 48.5 Å². The summed E-state index contributed by atoms with van der Waals surface area (Å²) >= 11 is 0. The van der Waals surface area contributed by atoms with E-state index in [9.17, 15) is 27.2 Å². The Balaban J connectivity index is 1.63. The molecule has 0 heterocycles. The van der Waals surface area contributed by atoms with Gasteiger partial charge in [0.25, 0.3) is 21.8 Å². The quantitative estimate of drug-likeness (QED) is 0.339. The Morgan fingerprint density at radius 3 is 2.26 bits per heavy atom. The minimum atomic E-state index is -4.02. The molecule has 0 aliphatic rings. The van der Waals surface area contributed by atoms with Crippen LogP contribution in [-0.2, 0) is 19.6 Å². The average molecular weight is 500 g/mol. The molecular weight excluding hydrogens is 477 g/mol. The maximum Gasteiger partial charge on any atom is 0.340 e. The molecule has 0 radical (unpaired) electrons. The maximum absolute atomic E-state index is 13.6. The zero-order chi connectivity index (χ0) is 25.6. The third kappa shape index (κ3) is 6.42. The van der Waals surface area contributed by atoms with Crippen molar-refractivity contribution in [2.45, 2.75) is 18.7 Å². The van der Waals surface area contributed by atoms with Crippen LogP contribution in [0.1, 0.15) is 31.8 Å². The third-order valence-electron chi connectivity index (χ3n) is 4.79. The molecule has 3 aromatic carbocycles. The number of hydrazine groups is 1. The lowest BCUT2D eigenvalue weighted by molar-refractivity contribution is -0.125. The van der Waals surface area contributed by atoms with E-state index in [4.69, 9.17) is 4.74 Å². The van der Waals surface area contributed by atoms with Crippen LogP contribution in [-0.4, -0.2) is 32.8 Å². The smallest absolute Gasteiger partial charge is 0.340 e. The SMILES string of the molecule is Cc1ccc(C)c(S(=O)(=O)Nc2ccccc2C(=O)OCC(=O)NNC(=O)c2ccccc2F)c1. The predicted molar refractivity (Wildman–Crippen MR) is 125 cm³/mol. The van der Waals surface area contributed by atoms with Gasteiger partial charge in [-0.15, -0.1) is 0 Å². The first-order valence-corrected chi connectivity index (χ1v) is 11.8. The number of hydrogen-bond donors (Lipinski definition) is 3. The first-order valence-electron chi connectivity index (χ1n) is 10.3. The fraction of sp³-hybridized carbons (Fsp3) is 0.125. The second kappa shape index (κ2) is 10.8. The summed E-state index contributed by atoms with van der Waals surface area (Å²) < 4.78 is 46.8. The highest BCUT2D eigenvalue weighted by Crippen LogP contribution is 2.23. The summed E-state index contributed by atoms with van der Waals surface area (Å²) in [6.45, 7) is 2.62. The van der Waals surface area contributed by atoms with Gasteiger partial charge in [-0.1, -0.05) is 36.4 Å². The van der Waals surface area contributed by atoms with Gasteiger partial charge in [-0.05, 0) is 55.3 Å². The van der Waals surface area contributed by atoms with Gasteiger partial charge in [0.2, 0.25) is 0 Å². The van der Waals surface area contributed by atoms with Crippen molar-refractivity contribution >= 4 is 33.5 Å². The number of nitrogens with one attached hydrogen (secondary N) is 3. The molecule has 3 aromatic rings. The van der Waals surface area contributed by atoms with Crippen LogP contribution in [0.3, 0.4) is 0 Å². The van der Waals surface area contributed by atoms with Crippen molar-refractivity contribution in [2.24, 2.45) is 0 Å². The summed E-state index contributed by atoms with van der Waals surface area (Å²) in [5, 5.41) is 0. The number of amides is 2. The minimum absolute atomic E-state index is 0.0355. The van der Waals surface area contributed by atoms with Gasteiger partial charge in [0.1, 0.15) is 5.82 Å². The average Bonchev–Trinajstić information content (AvgIpc) is 2.82. The number of halogens is 1. The van der Waals surface area contributed by atoms with E-state index < -0.39 is 40.2 Å². The summed E-state index contributed by atoms with van der Waals surface area (Å²) in [6.07, 6.45) is 0. The maximum atomic E-state index is 13.6. The van der Waals surface area contributed by atoms with E-state index in [1.54, 1.807) is 26.0 Å². The van der Waals surface area contributed by atoms with E-state index in [2.05, 4.69) is 4.72 Å². The van der Waals surface area contributed by atoms with Gasteiger partial charge in [-0.2, -0.15) is 0 Å². The molecule has 0 unspecified atom stereocenters. The van der Waals surface area contributed by atoms with Crippen molar-refractivity contribution in [2.75, 3.05) is 11.3 Å². The topological polar surface area (TPSA) is 131 Å². The number of para-hydroxylation sites is 1. The number of hydrogen-bond acceptors (Lipinski definition) is 6. The Labute approximate surface area is 201 Å². The van der Waals surface area contributed by atoms with E-state index in [0.717, 1.165) is 11.6 Å². The first kappa shape index (κ1) is 25.4. The molecular formula is C24H22FN3O6S. The Morgan fingerprint density at radius 1 is 0.886 bits per heavy atom. The zero-order valence-corrected chi connectivity index (χ0v) is 19.6. The number of aryl methyl sites for hydroxylation is 2. The zero-order valence-electron chi connectivity index (χ0n) is 18.8. The monoisotopic (exact) mass is 499 g/mol. The molecule has 0 bridgehead atoms. The molecule has 0 saturated carbocycles. The molecule has 182 valence electrons. The summed E-state index contributed by atoms with van der Waals surface area (Å²) in [7, 11) is -4.02. The number of carbonyl (C=O) groups is 3. The van der Waals surface area contributed by atoms with Gasteiger partial charge in [0.15, 0.2) is 6.61 Å². The highest BCUT2D eigenvalue weighted by atomic mass is 32.2. The molecule has 35 heavy (non-hydrogen) atoms. The van der Waals surface area contributed by atoms with E-state index in [1.807, 2.05) is 10.9 Å². The Kier molecular flexibility index (Phi) is 7.82. The number of rotatable bonds is 7. The van der Waals surface area contributed by atoms with E-state index >= 15 is 0 Å². The lowest BCUT2D eigenvalue weighted by Crippen LogP contribution is -2.43. The van der Waals surface area contributed by atoms with E-state index in [-0.39, 0.29) is 21.7 Å². The number of ether oxygens (including phenoxy) is 1. The number of carbonyl (C=O) groups excluding carboxylic acids is 3. The molecule has 0 atom stereocenters. The van der Waals surface area contributed by atoms with Crippen LogP contribution in [0.15, 0.2) is 71.6 Å². The summed E-state index contributed by atoms with van der Waals surface area (Å²) in [6, 6.07) is 15.9. The molecule has 11 heteroatoms. The summed E-state index contributed by atoms with van der Waals surface area (Å²) in [5.41, 5.74) is 4.85. The van der Waals surface area contributed by atoms with Crippen LogP contribution in [0.2, 0.25) is 0 Å². The molecule has 9 nitrogen and oxygen atoms in total. The summed E-state index contributed by atoms with van der Waals surface area (Å²) in [5.74, 6) is -3.53. The molecule has 3 N–H and O–H groups in total. The fourth-order valence-electron chi connectivity index (χ4n) is 3.03. The number of sulfonamides is 1. The third-order valence-corrected chi connectivity index (χ3v) is 6.30. The summed E-state index contributed by atoms with van der Waals surface area (Å²) in [4.78, 5) is 36.5. The normalized spacial score (nSPS) is 10.8. The molecule has 0 fully saturated rings.